The van der Waals surface area contributed by atoms with Crippen molar-refractivity contribution >= 4 is 21.6 Å². The lowest BCUT2D eigenvalue weighted by Gasteiger charge is -2.32. The van der Waals surface area contributed by atoms with Crippen LogP contribution in [0.15, 0.2) is 29.2 Å². The fourth-order valence-corrected chi connectivity index (χ4v) is 3.93. The molecule has 6 heteroatoms. The average molecular weight is 331 g/mol. The van der Waals surface area contributed by atoms with E-state index < -0.39 is 10.0 Å². The third kappa shape index (κ3) is 4.68. The number of nitrogens with zero attached hydrogens (tertiary/aromatic N) is 1. The van der Waals surface area contributed by atoms with Gasteiger partial charge in [-0.05, 0) is 50.6 Å². The maximum Gasteiger partial charge on any atom is 0.240 e. The molecule has 1 fully saturated rings. The van der Waals surface area contributed by atoms with Crippen molar-refractivity contribution in [1.29, 1.82) is 0 Å². The highest BCUT2D eigenvalue weighted by Crippen LogP contribution is 2.16. The van der Waals surface area contributed by atoms with Crippen LogP contribution in [0.5, 0.6) is 0 Å². The Balaban J connectivity index is 1.97. The third-order valence-electron chi connectivity index (χ3n) is 4.05. The topological polar surface area (TPSA) is 49.4 Å². The van der Waals surface area contributed by atoms with E-state index in [1.807, 2.05) is 12.1 Å². The highest BCUT2D eigenvalue weighted by molar-refractivity contribution is 7.89. The van der Waals surface area contributed by atoms with Gasteiger partial charge in [0.2, 0.25) is 10.0 Å². The van der Waals surface area contributed by atoms with Crippen LogP contribution in [-0.4, -0.2) is 45.4 Å². The molecule has 1 N–H and O–H groups in total. The lowest BCUT2D eigenvalue weighted by Crippen LogP contribution is -2.44. The van der Waals surface area contributed by atoms with E-state index in [0.717, 1.165) is 24.9 Å². The van der Waals surface area contributed by atoms with Gasteiger partial charge in [0, 0.05) is 18.5 Å². The molecule has 0 saturated carbocycles. The van der Waals surface area contributed by atoms with Crippen LogP contribution < -0.4 is 4.72 Å². The van der Waals surface area contributed by atoms with Crippen molar-refractivity contribution in [3.63, 3.8) is 0 Å². The molecule has 118 valence electrons. The van der Waals surface area contributed by atoms with Gasteiger partial charge < -0.3 is 4.90 Å². The van der Waals surface area contributed by atoms with Gasteiger partial charge in [0.25, 0.3) is 0 Å². The molecule has 1 atom stereocenters. The zero-order valence-electron chi connectivity index (χ0n) is 12.4. The van der Waals surface area contributed by atoms with Crippen molar-refractivity contribution in [3.05, 3.63) is 29.8 Å². The zero-order valence-corrected chi connectivity index (χ0v) is 14.0. The minimum Gasteiger partial charge on any atom is -0.302 e. The summed E-state index contributed by atoms with van der Waals surface area (Å²) in [6.07, 6.45) is 4.17. The molecular weight excluding hydrogens is 308 g/mol. The Hall–Kier alpha value is -0.620. The number of likely N-dealkylation sites (N-methyl/N-ethyl adjacent to an activating group) is 1. The Bertz CT molecular complexity index is 545. The normalized spacial score (nSPS) is 20.6. The van der Waals surface area contributed by atoms with Crippen molar-refractivity contribution in [3.8, 4) is 0 Å². The number of sulfonamides is 1. The number of rotatable bonds is 6. The predicted molar refractivity (Wildman–Crippen MR) is 86.3 cm³/mol. The van der Waals surface area contributed by atoms with Gasteiger partial charge in [-0.2, -0.15) is 0 Å². The van der Waals surface area contributed by atoms with Gasteiger partial charge >= 0.3 is 0 Å². The lowest BCUT2D eigenvalue weighted by atomic mass is 10.0. The number of benzene rings is 1. The first-order valence-corrected chi connectivity index (χ1v) is 9.39. The number of likely N-dealkylation sites (tertiary alicyclic amines) is 1. The van der Waals surface area contributed by atoms with Gasteiger partial charge in [-0.3, -0.25) is 0 Å². The monoisotopic (exact) mass is 330 g/mol. The summed E-state index contributed by atoms with van der Waals surface area (Å²) in [7, 11) is -1.37. The summed E-state index contributed by atoms with van der Waals surface area (Å²) in [5.41, 5.74) is 1.05. The molecule has 1 aromatic rings. The summed E-state index contributed by atoms with van der Waals surface area (Å²) in [5, 5.41) is 0. The van der Waals surface area contributed by atoms with E-state index in [1.54, 1.807) is 12.1 Å². The summed E-state index contributed by atoms with van der Waals surface area (Å²) >= 11 is 5.68. The second-order valence-corrected chi connectivity index (χ2v) is 7.71. The van der Waals surface area contributed by atoms with E-state index in [0.29, 0.717) is 23.4 Å². The van der Waals surface area contributed by atoms with Crippen molar-refractivity contribution in [2.45, 2.75) is 36.6 Å². The van der Waals surface area contributed by atoms with E-state index in [1.165, 1.54) is 12.8 Å². The standard InChI is InChI=1S/C15H23ClN2O2S/c1-18-11-3-2-4-14(18)12-17-21(19,20)15-7-5-13(6-8-15)9-10-16/h5-8,14,17H,2-4,9-12H2,1H3. The van der Waals surface area contributed by atoms with Crippen LogP contribution >= 0.6 is 11.6 Å². The Morgan fingerprint density at radius 1 is 1.29 bits per heavy atom. The molecule has 2 rings (SSSR count). The van der Waals surface area contributed by atoms with Gasteiger partial charge in [0.1, 0.15) is 0 Å². The Morgan fingerprint density at radius 2 is 2.00 bits per heavy atom. The van der Waals surface area contributed by atoms with Crippen LogP contribution in [0.3, 0.4) is 0 Å². The molecule has 1 aliphatic rings. The molecule has 0 radical (unpaired) electrons. The first kappa shape index (κ1) is 16.7. The number of piperidine rings is 1. The molecule has 1 aromatic carbocycles. The quantitative estimate of drug-likeness (QED) is 0.814. The molecule has 1 heterocycles. The van der Waals surface area contributed by atoms with Gasteiger partial charge in [-0.25, -0.2) is 13.1 Å². The smallest absolute Gasteiger partial charge is 0.240 e. The molecule has 0 aliphatic carbocycles. The van der Waals surface area contributed by atoms with Crippen LogP contribution in [0.2, 0.25) is 0 Å². The summed E-state index contributed by atoms with van der Waals surface area (Å²) in [6.45, 7) is 1.52. The number of hydrogen-bond donors (Lipinski definition) is 1. The first-order chi connectivity index (χ1) is 10.0. The summed E-state index contributed by atoms with van der Waals surface area (Å²) in [4.78, 5) is 2.55. The molecule has 1 saturated heterocycles. The maximum atomic E-state index is 12.3. The molecular formula is C15H23ClN2O2S. The molecule has 1 aliphatic heterocycles. The summed E-state index contributed by atoms with van der Waals surface area (Å²) in [6, 6.07) is 7.24. The fourth-order valence-electron chi connectivity index (χ4n) is 2.64. The van der Waals surface area contributed by atoms with Crippen molar-refractivity contribution in [2.75, 3.05) is 26.0 Å². The summed E-state index contributed by atoms with van der Waals surface area (Å²) in [5.74, 6) is 0.540. The number of alkyl halides is 1. The predicted octanol–water partition coefficient (Wildman–Crippen LogP) is 2.23. The minimum atomic E-state index is -3.42. The summed E-state index contributed by atoms with van der Waals surface area (Å²) < 4.78 is 27.3. The second-order valence-electron chi connectivity index (χ2n) is 5.57. The van der Waals surface area contributed by atoms with Crippen molar-refractivity contribution in [2.24, 2.45) is 0 Å². The molecule has 0 spiro atoms. The van der Waals surface area contributed by atoms with Gasteiger partial charge in [-0.1, -0.05) is 18.6 Å². The van der Waals surface area contributed by atoms with Crippen LogP contribution in [0.4, 0.5) is 0 Å². The van der Waals surface area contributed by atoms with E-state index in [9.17, 15) is 8.42 Å². The SMILES string of the molecule is CN1CCCCC1CNS(=O)(=O)c1ccc(CCCl)cc1. The van der Waals surface area contributed by atoms with Crippen LogP contribution in [0.25, 0.3) is 0 Å². The Morgan fingerprint density at radius 3 is 2.62 bits per heavy atom. The largest absolute Gasteiger partial charge is 0.302 e. The number of halogens is 1. The van der Waals surface area contributed by atoms with Crippen molar-refractivity contribution in [1.82, 2.24) is 9.62 Å². The van der Waals surface area contributed by atoms with E-state index in [4.69, 9.17) is 11.6 Å². The van der Waals surface area contributed by atoms with E-state index in [-0.39, 0.29) is 0 Å². The molecule has 0 bridgehead atoms. The Kier molecular flexibility index (Phi) is 6.05. The maximum absolute atomic E-state index is 12.3. The molecule has 0 aromatic heterocycles. The zero-order chi connectivity index (χ0) is 15.3. The Labute approximate surface area is 132 Å². The van der Waals surface area contributed by atoms with Crippen LogP contribution in [0.1, 0.15) is 24.8 Å². The highest BCUT2D eigenvalue weighted by Gasteiger charge is 2.21. The van der Waals surface area contributed by atoms with Gasteiger partial charge in [-0.15, -0.1) is 11.6 Å². The molecule has 4 nitrogen and oxygen atoms in total. The number of nitrogens with one attached hydrogen (secondary N) is 1. The molecule has 21 heavy (non-hydrogen) atoms. The lowest BCUT2D eigenvalue weighted by molar-refractivity contribution is 0.187. The highest BCUT2D eigenvalue weighted by atomic mass is 35.5. The molecule has 0 amide bonds. The second kappa shape index (κ2) is 7.58. The first-order valence-electron chi connectivity index (χ1n) is 7.38. The van der Waals surface area contributed by atoms with E-state index >= 15 is 0 Å². The average Bonchev–Trinajstić information content (AvgIpc) is 2.47. The van der Waals surface area contributed by atoms with E-state index in [2.05, 4.69) is 16.7 Å². The van der Waals surface area contributed by atoms with Crippen LogP contribution in [-0.2, 0) is 16.4 Å². The third-order valence-corrected chi connectivity index (χ3v) is 5.68. The number of aryl methyl sites for hydroxylation is 1. The van der Waals surface area contributed by atoms with Crippen molar-refractivity contribution < 1.29 is 8.42 Å². The van der Waals surface area contributed by atoms with Gasteiger partial charge in [0.15, 0.2) is 0 Å². The minimum absolute atomic E-state index is 0.295. The van der Waals surface area contributed by atoms with Gasteiger partial charge in [0.05, 0.1) is 4.90 Å². The molecule has 1 unspecified atom stereocenters. The fraction of sp³-hybridized carbons (Fsp3) is 0.600. The van der Waals surface area contributed by atoms with Crippen LogP contribution in [0, 0.1) is 0 Å². The number of hydrogen-bond acceptors (Lipinski definition) is 3.